The van der Waals surface area contributed by atoms with Gasteiger partial charge in [0.05, 0.1) is 6.54 Å². The summed E-state index contributed by atoms with van der Waals surface area (Å²) in [6.45, 7) is 8.88. The van der Waals surface area contributed by atoms with Gasteiger partial charge in [0, 0.05) is 6.54 Å². The Kier molecular flexibility index (Phi) is 8.08. The summed E-state index contributed by atoms with van der Waals surface area (Å²) < 4.78 is 10.1. The molecule has 1 aliphatic heterocycles. The minimum Gasteiger partial charge on any atom is -0.460 e. The molecule has 146 valence electrons. The summed E-state index contributed by atoms with van der Waals surface area (Å²) >= 11 is 0. The van der Waals surface area contributed by atoms with Crippen LogP contribution in [-0.4, -0.2) is 66.7 Å². The van der Waals surface area contributed by atoms with Gasteiger partial charge >= 0.3 is 12.1 Å². The molecule has 1 saturated heterocycles. The molecule has 2 N–H and O–H groups in total. The van der Waals surface area contributed by atoms with Crippen LogP contribution in [-0.2, 0) is 23.9 Å². The van der Waals surface area contributed by atoms with E-state index in [0.29, 0.717) is 25.8 Å². The van der Waals surface area contributed by atoms with Crippen molar-refractivity contribution >= 4 is 24.4 Å². The second-order valence-electron chi connectivity index (χ2n) is 6.83. The molecule has 9 heteroatoms. The van der Waals surface area contributed by atoms with E-state index in [9.17, 15) is 19.2 Å². The van der Waals surface area contributed by atoms with Gasteiger partial charge in [-0.25, -0.2) is 9.59 Å². The van der Waals surface area contributed by atoms with Crippen molar-refractivity contribution in [2.75, 3.05) is 19.7 Å². The van der Waals surface area contributed by atoms with E-state index in [1.165, 1.54) is 11.0 Å². The van der Waals surface area contributed by atoms with Crippen LogP contribution in [0.25, 0.3) is 0 Å². The molecular weight excluding hydrogens is 342 g/mol. The first kappa shape index (κ1) is 21.5. The van der Waals surface area contributed by atoms with Crippen LogP contribution in [0.5, 0.6) is 0 Å². The summed E-state index contributed by atoms with van der Waals surface area (Å²) in [5.41, 5.74) is -0.684. The van der Waals surface area contributed by atoms with E-state index >= 15 is 0 Å². The molecule has 1 fully saturated rings. The quantitative estimate of drug-likeness (QED) is 0.362. The number of likely N-dealkylation sites (tertiary alicyclic amines) is 1. The summed E-state index contributed by atoms with van der Waals surface area (Å²) in [6, 6.07) is -1.72. The molecule has 0 aromatic carbocycles. The van der Waals surface area contributed by atoms with E-state index in [1.807, 2.05) is 0 Å². The number of alkyl carbamates (subject to hydrolysis) is 1. The Bertz CT molecular complexity index is 543. The third-order valence-corrected chi connectivity index (χ3v) is 3.57. The van der Waals surface area contributed by atoms with Crippen molar-refractivity contribution in [3.63, 3.8) is 0 Å². The van der Waals surface area contributed by atoms with Gasteiger partial charge in [-0.3, -0.25) is 9.59 Å². The van der Waals surface area contributed by atoms with Crippen molar-refractivity contribution in [2.45, 2.75) is 51.3 Å². The van der Waals surface area contributed by atoms with Gasteiger partial charge in [0.15, 0.2) is 0 Å². The number of carbonyl (C=O) groups excluding carboxylic acids is 4. The predicted octanol–water partition coefficient (Wildman–Crippen LogP) is 0.346. The third-order valence-electron chi connectivity index (χ3n) is 3.57. The first-order chi connectivity index (χ1) is 12.2. The van der Waals surface area contributed by atoms with Gasteiger partial charge in [-0.1, -0.05) is 12.7 Å². The minimum atomic E-state index is -1.01. The summed E-state index contributed by atoms with van der Waals surface area (Å²) in [4.78, 5) is 48.7. The van der Waals surface area contributed by atoms with Crippen LogP contribution >= 0.6 is 0 Å². The predicted molar refractivity (Wildman–Crippen MR) is 93.1 cm³/mol. The molecule has 0 aromatic rings. The lowest BCUT2D eigenvalue weighted by Gasteiger charge is -2.28. The zero-order valence-electron chi connectivity index (χ0n) is 15.4. The lowest BCUT2D eigenvalue weighted by atomic mass is 10.2. The minimum absolute atomic E-state index is 0.0631. The number of esters is 1. The monoisotopic (exact) mass is 369 g/mol. The lowest BCUT2D eigenvalue weighted by Crippen LogP contribution is -2.54. The zero-order valence-corrected chi connectivity index (χ0v) is 15.4. The Balaban J connectivity index is 2.71. The first-order valence-electron chi connectivity index (χ1n) is 8.44. The molecule has 0 spiro atoms. The fourth-order valence-electron chi connectivity index (χ4n) is 2.51. The summed E-state index contributed by atoms with van der Waals surface area (Å²) in [5, 5.41) is 4.82. The van der Waals surface area contributed by atoms with Gasteiger partial charge in [0.1, 0.15) is 24.3 Å². The maximum atomic E-state index is 12.7. The number of hydrogen-bond donors (Lipinski definition) is 2. The molecule has 1 heterocycles. The highest BCUT2D eigenvalue weighted by Gasteiger charge is 2.38. The Hall–Kier alpha value is -2.58. The zero-order chi connectivity index (χ0) is 19.7. The average Bonchev–Trinajstić information content (AvgIpc) is 3.03. The first-order valence-corrected chi connectivity index (χ1v) is 8.44. The van der Waals surface area contributed by atoms with E-state index in [-0.39, 0.29) is 13.2 Å². The van der Waals surface area contributed by atoms with Gasteiger partial charge in [0.25, 0.3) is 0 Å². The highest BCUT2D eigenvalue weighted by atomic mass is 16.6. The number of rotatable bonds is 8. The molecule has 0 radical (unpaired) electrons. The molecule has 2 atom stereocenters. The van der Waals surface area contributed by atoms with Crippen LogP contribution in [0, 0.1) is 0 Å². The maximum Gasteiger partial charge on any atom is 0.407 e. The molecule has 0 bridgehead atoms. The van der Waals surface area contributed by atoms with E-state index in [0.717, 1.165) is 0 Å². The van der Waals surface area contributed by atoms with Crippen LogP contribution in [0.1, 0.15) is 33.6 Å². The SMILES string of the molecule is C=CCOC(=O)[C@@H]1CCCN1C(=O)[C@H](CNC(=O)OC(C)(C)C)NC=O. The molecule has 26 heavy (non-hydrogen) atoms. The largest absolute Gasteiger partial charge is 0.460 e. The molecule has 3 amide bonds. The summed E-state index contributed by atoms with van der Waals surface area (Å²) in [7, 11) is 0. The highest BCUT2D eigenvalue weighted by molar-refractivity contribution is 5.89. The van der Waals surface area contributed by atoms with Crippen LogP contribution in [0.15, 0.2) is 12.7 Å². The molecular formula is C17H27N3O6. The van der Waals surface area contributed by atoms with E-state index in [4.69, 9.17) is 9.47 Å². The summed E-state index contributed by atoms with van der Waals surface area (Å²) in [6.07, 6.45) is 2.24. The number of nitrogens with one attached hydrogen (secondary N) is 2. The number of ether oxygens (including phenoxy) is 2. The second kappa shape index (κ2) is 9.79. The molecule has 0 unspecified atom stereocenters. The lowest BCUT2D eigenvalue weighted by molar-refractivity contribution is -0.153. The smallest absolute Gasteiger partial charge is 0.407 e. The Labute approximate surface area is 153 Å². The normalized spacial score (nSPS) is 17.8. The standard InChI is InChI=1S/C17H27N3O6/c1-5-9-25-15(23)13-7-6-8-20(13)14(22)12(19-11-21)10-18-16(24)26-17(2,3)4/h5,11-13H,1,6-10H2,2-4H3,(H,18,24)(H,19,21)/t12-,13-/m0/s1. The van der Waals surface area contributed by atoms with Gasteiger partial charge in [-0.05, 0) is 33.6 Å². The number of nitrogens with zero attached hydrogens (tertiary/aromatic N) is 1. The summed E-state index contributed by atoms with van der Waals surface area (Å²) in [5.74, 6) is -0.980. The molecule has 0 saturated carbocycles. The molecule has 9 nitrogen and oxygen atoms in total. The van der Waals surface area contributed by atoms with Gasteiger partial charge in [-0.2, -0.15) is 0 Å². The molecule has 1 aliphatic rings. The Morgan fingerprint density at radius 2 is 2.04 bits per heavy atom. The number of hydrogen-bond acceptors (Lipinski definition) is 6. The Morgan fingerprint density at radius 1 is 1.35 bits per heavy atom. The van der Waals surface area contributed by atoms with Crippen molar-refractivity contribution < 1.29 is 28.7 Å². The van der Waals surface area contributed by atoms with Crippen LogP contribution in [0.3, 0.4) is 0 Å². The van der Waals surface area contributed by atoms with Crippen molar-refractivity contribution in [1.82, 2.24) is 15.5 Å². The third kappa shape index (κ3) is 6.73. The number of carbonyl (C=O) groups is 4. The molecule has 0 aliphatic carbocycles. The van der Waals surface area contributed by atoms with Gasteiger partial charge < -0.3 is 25.0 Å². The number of amides is 3. The molecule has 1 rings (SSSR count). The average molecular weight is 369 g/mol. The van der Waals surface area contributed by atoms with Crippen molar-refractivity contribution in [3.8, 4) is 0 Å². The van der Waals surface area contributed by atoms with Gasteiger partial charge in [0.2, 0.25) is 12.3 Å². The highest BCUT2D eigenvalue weighted by Crippen LogP contribution is 2.19. The second-order valence-corrected chi connectivity index (χ2v) is 6.83. The van der Waals surface area contributed by atoms with E-state index in [1.54, 1.807) is 20.8 Å². The van der Waals surface area contributed by atoms with E-state index in [2.05, 4.69) is 17.2 Å². The maximum absolute atomic E-state index is 12.7. The Morgan fingerprint density at radius 3 is 2.62 bits per heavy atom. The fourth-order valence-corrected chi connectivity index (χ4v) is 2.51. The van der Waals surface area contributed by atoms with Gasteiger partial charge in [-0.15, -0.1) is 0 Å². The van der Waals surface area contributed by atoms with E-state index < -0.39 is 35.7 Å². The van der Waals surface area contributed by atoms with Crippen molar-refractivity contribution in [1.29, 1.82) is 0 Å². The van der Waals surface area contributed by atoms with Crippen LogP contribution in [0.4, 0.5) is 4.79 Å². The van der Waals surface area contributed by atoms with Crippen molar-refractivity contribution in [3.05, 3.63) is 12.7 Å². The van der Waals surface area contributed by atoms with Crippen LogP contribution in [0.2, 0.25) is 0 Å². The molecule has 0 aromatic heterocycles. The van der Waals surface area contributed by atoms with Crippen LogP contribution < -0.4 is 10.6 Å². The topological polar surface area (TPSA) is 114 Å². The van der Waals surface area contributed by atoms with Crippen molar-refractivity contribution in [2.24, 2.45) is 0 Å². The fraction of sp³-hybridized carbons (Fsp3) is 0.647.